The number of hydrogen-bond donors (Lipinski definition) is 0. The van der Waals surface area contributed by atoms with Gasteiger partial charge in [-0.25, -0.2) is 4.39 Å². The molecule has 2 fully saturated rings. The Morgan fingerprint density at radius 1 is 1.32 bits per heavy atom. The number of aromatic nitrogens is 1. The van der Waals surface area contributed by atoms with E-state index >= 15 is 0 Å². The van der Waals surface area contributed by atoms with Crippen LogP contribution in [0.25, 0.3) is 0 Å². The second kappa shape index (κ2) is 6.73. The molecule has 132 valence electrons. The van der Waals surface area contributed by atoms with E-state index in [-0.39, 0.29) is 17.3 Å². The van der Waals surface area contributed by atoms with Crippen molar-refractivity contribution in [2.45, 2.75) is 25.5 Å². The summed E-state index contributed by atoms with van der Waals surface area (Å²) < 4.78 is 25.4. The first-order valence-electron chi connectivity index (χ1n) is 8.72. The quantitative estimate of drug-likeness (QED) is 0.836. The summed E-state index contributed by atoms with van der Waals surface area (Å²) in [5.41, 5.74) is 2.15. The van der Waals surface area contributed by atoms with Crippen molar-refractivity contribution in [3.8, 4) is 5.75 Å². The van der Waals surface area contributed by atoms with E-state index in [1.165, 1.54) is 12.7 Å². The average Bonchev–Trinajstić information content (AvgIpc) is 3.01. The zero-order valence-electron chi connectivity index (χ0n) is 14.5. The number of methoxy groups -OCH3 is 1. The summed E-state index contributed by atoms with van der Waals surface area (Å²) in [6.07, 6.45) is 5.95. The molecule has 1 aromatic carbocycles. The van der Waals surface area contributed by atoms with E-state index in [0.29, 0.717) is 17.9 Å². The van der Waals surface area contributed by atoms with Gasteiger partial charge in [0.25, 0.3) is 0 Å². The average molecular weight is 342 g/mol. The van der Waals surface area contributed by atoms with Crippen LogP contribution in [0, 0.1) is 11.2 Å². The number of benzene rings is 1. The monoisotopic (exact) mass is 342 g/mol. The highest BCUT2D eigenvalue weighted by Crippen LogP contribution is 2.42. The molecule has 2 saturated heterocycles. The Balaban J connectivity index is 1.32. The molecule has 5 heteroatoms. The molecule has 2 aliphatic heterocycles. The molecule has 3 heterocycles. The van der Waals surface area contributed by atoms with Crippen molar-refractivity contribution in [2.24, 2.45) is 5.41 Å². The highest BCUT2D eigenvalue weighted by atomic mass is 19.1. The smallest absolute Gasteiger partial charge is 0.169 e. The molecule has 1 atom stereocenters. The Kier molecular flexibility index (Phi) is 4.44. The zero-order valence-corrected chi connectivity index (χ0v) is 14.5. The van der Waals surface area contributed by atoms with Crippen LogP contribution in [0.4, 0.5) is 4.39 Å². The molecule has 0 aliphatic carbocycles. The van der Waals surface area contributed by atoms with Crippen molar-refractivity contribution in [3.63, 3.8) is 0 Å². The van der Waals surface area contributed by atoms with Gasteiger partial charge >= 0.3 is 0 Å². The third-order valence-corrected chi connectivity index (χ3v) is 5.25. The summed E-state index contributed by atoms with van der Waals surface area (Å²) in [7, 11) is 1.50. The van der Waals surface area contributed by atoms with Crippen LogP contribution in [-0.4, -0.2) is 42.8 Å². The van der Waals surface area contributed by atoms with Crippen LogP contribution in [0.3, 0.4) is 0 Å². The SMILES string of the molecule is COc1cccc(CN2CC3(CO[C@@H](Cc4cccnc4)C3)C2)c1F. The molecule has 0 unspecified atom stereocenters. The third-order valence-electron chi connectivity index (χ3n) is 5.25. The number of halogens is 1. The predicted molar refractivity (Wildman–Crippen MR) is 93.0 cm³/mol. The molecule has 1 aromatic heterocycles. The molecule has 2 aromatic rings. The lowest BCUT2D eigenvalue weighted by molar-refractivity contribution is -0.0146. The maximum atomic E-state index is 14.3. The topological polar surface area (TPSA) is 34.6 Å². The van der Waals surface area contributed by atoms with Crippen molar-refractivity contribution >= 4 is 0 Å². The molecule has 0 amide bonds. The lowest BCUT2D eigenvalue weighted by Crippen LogP contribution is -2.56. The van der Waals surface area contributed by atoms with Crippen LogP contribution in [0.2, 0.25) is 0 Å². The standard InChI is InChI=1S/C20H23FN2O2/c1-24-18-6-2-5-16(19(18)21)11-23-12-20(13-23)9-17(25-14-20)8-15-4-3-7-22-10-15/h2-7,10,17H,8-9,11-14H2,1H3/t17-/m0/s1. The van der Waals surface area contributed by atoms with Crippen LogP contribution in [0.5, 0.6) is 5.75 Å². The lowest BCUT2D eigenvalue weighted by atomic mass is 9.77. The van der Waals surface area contributed by atoms with E-state index in [1.807, 2.05) is 24.4 Å². The number of likely N-dealkylation sites (tertiary alicyclic amines) is 1. The van der Waals surface area contributed by atoms with Gasteiger partial charge in [-0.05, 0) is 24.1 Å². The van der Waals surface area contributed by atoms with Gasteiger partial charge in [-0.3, -0.25) is 9.88 Å². The van der Waals surface area contributed by atoms with Crippen LogP contribution in [0.15, 0.2) is 42.7 Å². The van der Waals surface area contributed by atoms with Crippen LogP contribution in [0.1, 0.15) is 17.5 Å². The van der Waals surface area contributed by atoms with E-state index in [1.54, 1.807) is 12.3 Å². The second-order valence-electron chi connectivity index (χ2n) is 7.28. The fourth-order valence-corrected chi connectivity index (χ4v) is 4.12. The maximum absolute atomic E-state index is 14.3. The van der Waals surface area contributed by atoms with Gasteiger partial charge in [0.1, 0.15) is 0 Å². The fourth-order valence-electron chi connectivity index (χ4n) is 4.12. The van der Waals surface area contributed by atoms with E-state index in [4.69, 9.17) is 9.47 Å². The van der Waals surface area contributed by atoms with Crippen LogP contribution < -0.4 is 4.74 Å². The number of nitrogens with zero attached hydrogens (tertiary/aromatic N) is 2. The molecule has 0 N–H and O–H groups in total. The van der Waals surface area contributed by atoms with Gasteiger partial charge in [0, 0.05) is 49.4 Å². The van der Waals surface area contributed by atoms with Gasteiger partial charge in [0.2, 0.25) is 0 Å². The molecule has 0 saturated carbocycles. The first kappa shape index (κ1) is 16.5. The summed E-state index contributed by atoms with van der Waals surface area (Å²) in [5.74, 6) is 0.0662. The first-order valence-corrected chi connectivity index (χ1v) is 8.72. The van der Waals surface area contributed by atoms with Crippen LogP contribution in [-0.2, 0) is 17.7 Å². The summed E-state index contributed by atoms with van der Waals surface area (Å²) >= 11 is 0. The van der Waals surface area contributed by atoms with E-state index in [0.717, 1.165) is 32.5 Å². The third kappa shape index (κ3) is 3.39. The van der Waals surface area contributed by atoms with Gasteiger partial charge in [-0.2, -0.15) is 0 Å². The molecule has 25 heavy (non-hydrogen) atoms. The molecular weight excluding hydrogens is 319 g/mol. The Bertz CT molecular complexity index is 732. The van der Waals surface area contributed by atoms with Crippen molar-refractivity contribution in [1.29, 1.82) is 0 Å². The summed E-state index contributed by atoms with van der Waals surface area (Å²) in [6, 6.07) is 9.40. The summed E-state index contributed by atoms with van der Waals surface area (Å²) in [4.78, 5) is 6.45. The molecule has 4 rings (SSSR count). The molecule has 2 aliphatic rings. The maximum Gasteiger partial charge on any atom is 0.169 e. The van der Waals surface area contributed by atoms with Gasteiger partial charge < -0.3 is 9.47 Å². The largest absolute Gasteiger partial charge is 0.494 e. The van der Waals surface area contributed by atoms with Crippen molar-refractivity contribution < 1.29 is 13.9 Å². The van der Waals surface area contributed by atoms with E-state index in [9.17, 15) is 4.39 Å². The molecule has 4 nitrogen and oxygen atoms in total. The van der Waals surface area contributed by atoms with Gasteiger partial charge in [-0.1, -0.05) is 18.2 Å². The number of rotatable bonds is 5. The van der Waals surface area contributed by atoms with Gasteiger partial charge in [0.15, 0.2) is 11.6 Å². The zero-order chi connectivity index (χ0) is 17.3. The highest BCUT2D eigenvalue weighted by molar-refractivity contribution is 5.31. The Morgan fingerprint density at radius 2 is 2.20 bits per heavy atom. The fraction of sp³-hybridized carbons (Fsp3) is 0.450. The van der Waals surface area contributed by atoms with E-state index < -0.39 is 0 Å². The van der Waals surface area contributed by atoms with Crippen molar-refractivity contribution in [2.75, 3.05) is 26.8 Å². The van der Waals surface area contributed by atoms with Crippen LogP contribution >= 0.6 is 0 Å². The highest BCUT2D eigenvalue weighted by Gasteiger charge is 2.48. The molecular formula is C20H23FN2O2. The van der Waals surface area contributed by atoms with Gasteiger partial charge in [-0.15, -0.1) is 0 Å². The molecule has 0 radical (unpaired) electrons. The minimum atomic E-state index is -0.247. The number of ether oxygens (including phenoxy) is 2. The van der Waals surface area contributed by atoms with Crippen molar-refractivity contribution in [3.05, 3.63) is 59.7 Å². The van der Waals surface area contributed by atoms with E-state index in [2.05, 4.69) is 16.0 Å². The van der Waals surface area contributed by atoms with Crippen molar-refractivity contribution in [1.82, 2.24) is 9.88 Å². The predicted octanol–water partition coefficient (Wildman–Crippen LogP) is 3.06. The lowest BCUT2D eigenvalue weighted by Gasteiger charge is -2.47. The Hall–Kier alpha value is -1.98. The molecule has 1 spiro atoms. The Morgan fingerprint density at radius 3 is 2.96 bits per heavy atom. The van der Waals surface area contributed by atoms with Gasteiger partial charge in [0.05, 0.1) is 19.8 Å². The minimum absolute atomic E-state index is 0.238. The summed E-state index contributed by atoms with van der Waals surface area (Å²) in [5, 5.41) is 0. The number of pyridine rings is 1. The normalized spacial score (nSPS) is 22.1. The Labute approximate surface area is 147 Å². The molecule has 0 bridgehead atoms. The summed E-state index contributed by atoms with van der Waals surface area (Å²) in [6.45, 7) is 3.35. The first-order chi connectivity index (χ1) is 12.2. The minimum Gasteiger partial charge on any atom is -0.494 e. The second-order valence-corrected chi connectivity index (χ2v) is 7.28. The number of hydrogen-bond acceptors (Lipinski definition) is 4.